The van der Waals surface area contributed by atoms with Gasteiger partial charge < -0.3 is 15.8 Å². The van der Waals surface area contributed by atoms with Crippen molar-refractivity contribution in [1.29, 1.82) is 0 Å². The molecule has 0 saturated heterocycles. The maximum Gasteiger partial charge on any atom is 0.234 e. The van der Waals surface area contributed by atoms with Crippen LogP contribution in [0, 0.1) is 5.82 Å². The number of nitrogens with one attached hydrogen (secondary N) is 1. The topological polar surface area (TPSA) is 64.3 Å². The van der Waals surface area contributed by atoms with Gasteiger partial charge in [0.1, 0.15) is 11.6 Å². The molecule has 3 N–H and O–H groups in total. The molecule has 0 unspecified atom stereocenters. The maximum absolute atomic E-state index is 13.3. The monoisotopic (exact) mass is 248 g/mol. The Balaban J connectivity index is 0.00000225. The smallest absolute Gasteiger partial charge is 0.234 e. The molecular formula is C10H14ClFN2O2. The van der Waals surface area contributed by atoms with Crippen molar-refractivity contribution in [2.75, 3.05) is 13.7 Å². The molecule has 1 aromatic carbocycles. The average Bonchev–Trinajstić information content (AvgIpc) is 2.26. The van der Waals surface area contributed by atoms with E-state index < -0.39 is 5.82 Å². The molecule has 1 amide bonds. The Hall–Kier alpha value is -1.33. The third-order valence-corrected chi connectivity index (χ3v) is 1.92. The van der Waals surface area contributed by atoms with E-state index in [-0.39, 0.29) is 31.4 Å². The van der Waals surface area contributed by atoms with Gasteiger partial charge in [0.05, 0.1) is 13.7 Å². The predicted octanol–water partition coefficient (Wildman–Crippen LogP) is 0.831. The van der Waals surface area contributed by atoms with Gasteiger partial charge in [-0.25, -0.2) is 4.39 Å². The molecule has 0 aromatic heterocycles. The second kappa shape index (κ2) is 7.03. The predicted molar refractivity (Wildman–Crippen MR) is 61.1 cm³/mol. The number of ether oxygens (including phenoxy) is 1. The van der Waals surface area contributed by atoms with Crippen LogP contribution in [-0.2, 0) is 11.3 Å². The number of amides is 1. The van der Waals surface area contributed by atoms with Gasteiger partial charge in [-0.2, -0.15) is 0 Å². The summed E-state index contributed by atoms with van der Waals surface area (Å²) in [6, 6.07) is 4.46. The molecule has 0 fully saturated rings. The van der Waals surface area contributed by atoms with Crippen molar-refractivity contribution in [2.24, 2.45) is 5.73 Å². The van der Waals surface area contributed by atoms with Crippen molar-refractivity contribution in [3.63, 3.8) is 0 Å². The van der Waals surface area contributed by atoms with E-state index in [1.165, 1.54) is 13.2 Å². The lowest BCUT2D eigenvalue weighted by molar-refractivity contribution is -0.119. The quantitative estimate of drug-likeness (QED) is 0.830. The highest BCUT2D eigenvalue weighted by molar-refractivity contribution is 5.85. The highest BCUT2D eigenvalue weighted by atomic mass is 35.5. The number of carbonyl (C=O) groups excluding carboxylic acids is 1. The highest BCUT2D eigenvalue weighted by Crippen LogP contribution is 2.15. The summed E-state index contributed by atoms with van der Waals surface area (Å²) >= 11 is 0. The summed E-state index contributed by atoms with van der Waals surface area (Å²) < 4.78 is 18.2. The van der Waals surface area contributed by atoms with Crippen molar-refractivity contribution in [1.82, 2.24) is 5.32 Å². The minimum Gasteiger partial charge on any atom is -0.497 e. The molecule has 0 bridgehead atoms. The van der Waals surface area contributed by atoms with Gasteiger partial charge in [0.25, 0.3) is 0 Å². The van der Waals surface area contributed by atoms with Crippen LogP contribution in [-0.4, -0.2) is 19.6 Å². The van der Waals surface area contributed by atoms with Crippen LogP contribution in [0.1, 0.15) is 5.56 Å². The van der Waals surface area contributed by atoms with Crippen molar-refractivity contribution in [3.05, 3.63) is 29.6 Å². The molecule has 0 saturated carbocycles. The lowest BCUT2D eigenvalue weighted by atomic mass is 10.2. The SMILES string of the molecule is COc1ccc(CNC(=O)CN)c(F)c1.Cl. The summed E-state index contributed by atoms with van der Waals surface area (Å²) in [6.07, 6.45) is 0. The van der Waals surface area contributed by atoms with Crippen LogP contribution in [0.2, 0.25) is 0 Å². The molecule has 6 heteroatoms. The van der Waals surface area contributed by atoms with Crippen LogP contribution in [0.25, 0.3) is 0 Å². The molecule has 4 nitrogen and oxygen atoms in total. The number of methoxy groups -OCH3 is 1. The number of halogens is 2. The van der Waals surface area contributed by atoms with E-state index in [0.717, 1.165) is 0 Å². The molecule has 1 rings (SSSR count). The van der Waals surface area contributed by atoms with E-state index in [1.807, 2.05) is 0 Å². The molecule has 16 heavy (non-hydrogen) atoms. The fraction of sp³-hybridized carbons (Fsp3) is 0.300. The van der Waals surface area contributed by atoms with E-state index in [0.29, 0.717) is 11.3 Å². The van der Waals surface area contributed by atoms with E-state index in [2.05, 4.69) is 5.32 Å². The Bertz CT molecular complexity index is 361. The van der Waals surface area contributed by atoms with Crippen molar-refractivity contribution >= 4 is 18.3 Å². The molecule has 0 atom stereocenters. The Labute approximate surface area is 99.4 Å². The summed E-state index contributed by atoms with van der Waals surface area (Å²) in [7, 11) is 1.46. The van der Waals surface area contributed by atoms with Crippen molar-refractivity contribution < 1.29 is 13.9 Å². The van der Waals surface area contributed by atoms with Crippen LogP contribution >= 0.6 is 12.4 Å². The molecule has 0 spiro atoms. The fourth-order valence-corrected chi connectivity index (χ4v) is 1.06. The first-order valence-corrected chi connectivity index (χ1v) is 4.46. The first kappa shape index (κ1) is 14.7. The molecule has 0 radical (unpaired) electrons. The molecule has 0 aliphatic heterocycles. The lowest BCUT2D eigenvalue weighted by Gasteiger charge is -2.06. The summed E-state index contributed by atoms with van der Waals surface area (Å²) in [5, 5.41) is 2.48. The largest absolute Gasteiger partial charge is 0.497 e. The number of benzene rings is 1. The van der Waals surface area contributed by atoms with Crippen LogP contribution in [0.4, 0.5) is 4.39 Å². The normalized spacial score (nSPS) is 9.19. The van der Waals surface area contributed by atoms with Crippen LogP contribution in [0.3, 0.4) is 0 Å². The zero-order chi connectivity index (χ0) is 11.3. The zero-order valence-corrected chi connectivity index (χ0v) is 9.64. The minimum absolute atomic E-state index is 0. The van der Waals surface area contributed by atoms with Crippen molar-refractivity contribution in [3.8, 4) is 5.75 Å². The highest BCUT2D eigenvalue weighted by Gasteiger charge is 2.05. The molecule has 0 aliphatic carbocycles. The molecule has 90 valence electrons. The standard InChI is InChI=1S/C10H13FN2O2.ClH/c1-15-8-3-2-7(9(11)4-8)6-13-10(14)5-12;/h2-4H,5-6,12H2,1H3,(H,13,14);1H. The Kier molecular flexibility index (Phi) is 6.44. The van der Waals surface area contributed by atoms with E-state index in [1.54, 1.807) is 12.1 Å². The average molecular weight is 249 g/mol. The van der Waals surface area contributed by atoms with E-state index in [9.17, 15) is 9.18 Å². The first-order chi connectivity index (χ1) is 7.17. The van der Waals surface area contributed by atoms with Crippen LogP contribution in [0.5, 0.6) is 5.75 Å². The number of nitrogens with two attached hydrogens (primary N) is 1. The zero-order valence-electron chi connectivity index (χ0n) is 8.83. The molecule has 0 heterocycles. The van der Waals surface area contributed by atoms with Crippen molar-refractivity contribution in [2.45, 2.75) is 6.54 Å². The summed E-state index contributed by atoms with van der Waals surface area (Å²) in [6.45, 7) is 0.0314. The van der Waals surface area contributed by atoms with Gasteiger partial charge in [-0.15, -0.1) is 12.4 Å². The maximum atomic E-state index is 13.3. The van der Waals surface area contributed by atoms with Gasteiger partial charge >= 0.3 is 0 Å². The third kappa shape index (κ3) is 4.04. The molecular weight excluding hydrogens is 235 g/mol. The number of hydrogen-bond donors (Lipinski definition) is 2. The third-order valence-electron chi connectivity index (χ3n) is 1.92. The number of rotatable bonds is 4. The van der Waals surface area contributed by atoms with Gasteiger partial charge in [-0.1, -0.05) is 6.07 Å². The summed E-state index contributed by atoms with van der Waals surface area (Å²) in [5.41, 5.74) is 5.49. The van der Waals surface area contributed by atoms with E-state index in [4.69, 9.17) is 10.5 Å². The Morgan fingerprint density at radius 3 is 2.75 bits per heavy atom. The van der Waals surface area contributed by atoms with Crippen LogP contribution < -0.4 is 15.8 Å². The lowest BCUT2D eigenvalue weighted by Crippen LogP contribution is -2.29. The Morgan fingerprint density at radius 1 is 1.56 bits per heavy atom. The van der Waals surface area contributed by atoms with Gasteiger partial charge in [-0.05, 0) is 6.07 Å². The summed E-state index contributed by atoms with van der Waals surface area (Å²) in [4.78, 5) is 10.8. The molecule has 1 aromatic rings. The minimum atomic E-state index is -0.410. The molecule has 0 aliphatic rings. The first-order valence-electron chi connectivity index (χ1n) is 4.46. The Morgan fingerprint density at radius 2 is 2.25 bits per heavy atom. The van der Waals surface area contributed by atoms with Gasteiger partial charge in [0.2, 0.25) is 5.91 Å². The van der Waals surface area contributed by atoms with Gasteiger partial charge in [0, 0.05) is 18.2 Å². The summed E-state index contributed by atoms with van der Waals surface area (Å²) in [5.74, 6) is -0.279. The van der Waals surface area contributed by atoms with Crippen LogP contribution in [0.15, 0.2) is 18.2 Å². The van der Waals surface area contributed by atoms with E-state index >= 15 is 0 Å². The second-order valence-electron chi connectivity index (χ2n) is 2.94. The van der Waals surface area contributed by atoms with Gasteiger partial charge in [-0.3, -0.25) is 4.79 Å². The number of carbonyl (C=O) groups is 1. The fourth-order valence-electron chi connectivity index (χ4n) is 1.06. The number of hydrogen-bond acceptors (Lipinski definition) is 3. The second-order valence-corrected chi connectivity index (χ2v) is 2.94. The van der Waals surface area contributed by atoms with Gasteiger partial charge in [0.15, 0.2) is 0 Å².